The molecule has 21 heavy (non-hydrogen) atoms. The molecule has 3 aromatic rings. The number of benzene rings is 1. The van der Waals surface area contributed by atoms with Crippen molar-refractivity contribution in [3.05, 3.63) is 47.2 Å². The first-order chi connectivity index (χ1) is 10.2. The van der Waals surface area contributed by atoms with Gasteiger partial charge in [0.25, 0.3) is 0 Å². The van der Waals surface area contributed by atoms with Crippen molar-refractivity contribution in [3.63, 3.8) is 0 Å². The van der Waals surface area contributed by atoms with Gasteiger partial charge in [-0.3, -0.25) is 4.40 Å². The Kier molecular flexibility index (Phi) is 3.81. The van der Waals surface area contributed by atoms with Gasteiger partial charge in [0.2, 0.25) is 0 Å². The summed E-state index contributed by atoms with van der Waals surface area (Å²) in [5.41, 5.74) is 7.78. The average Bonchev–Trinajstić information content (AvgIpc) is 3.05. The van der Waals surface area contributed by atoms with Crippen LogP contribution in [-0.4, -0.2) is 16.5 Å². The second kappa shape index (κ2) is 5.75. The van der Waals surface area contributed by atoms with Crippen LogP contribution >= 0.6 is 11.3 Å². The Morgan fingerprint density at radius 2 is 2.24 bits per heavy atom. The molecule has 5 nitrogen and oxygen atoms in total. The van der Waals surface area contributed by atoms with E-state index in [-0.39, 0.29) is 6.04 Å². The maximum absolute atomic E-state index is 5.88. The molecule has 0 aliphatic carbocycles. The second-order valence-electron chi connectivity index (χ2n) is 4.81. The molecule has 0 spiro atoms. The molecule has 3 rings (SSSR count). The number of ether oxygens (including phenoxy) is 2. The van der Waals surface area contributed by atoms with Crippen LogP contribution in [0.3, 0.4) is 0 Å². The van der Waals surface area contributed by atoms with E-state index in [0.29, 0.717) is 18.1 Å². The average molecular weight is 303 g/mol. The molecular weight excluding hydrogens is 286 g/mol. The summed E-state index contributed by atoms with van der Waals surface area (Å²) < 4.78 is 13.2. The zero-order valence-electron chi connectivity index (χ0n) is 11.9. The van der Waals surface area contributed by atoms with Crippen molar-refractivity contribution in [3.8, 4) is 11.5 Å². The number of thiazole rings is 1. The van der Waals surface area contributed by atoms with Gasteiger partial charge in [0.1, 0.15) is 6.61 Å². The number of rotatable bonds is 5. The van der Waals surface area contributed by atoms with E-state index >= 15 is 0 Å². The molecule has 6 heteroatoms. The Morgan fingerprint density at radius 3 is 2.95 bits per heavy atom. The Morgan fingerprint density at radius 1 is 1.38 bits per heavy atom. The van der Waals surface area contributed by atoms with E-state index in [4.69, 9.17) is 15.2 Å². The van der Waals surface area contributed by atoms with Gasteiger partial charge in [0.15, 0.2) is 16.5 Å². The number of fused-ring (bicyclic) bond motifs is 1. The molecule has 0 fully saturated rings. The monoisotopic (exact) mass is 303 g/mol. The summed E-state index contributed by atoms with van der Waals surface area (Å²) in [5.74, 6) is 1.38. The van der Waals surface area contributed by atoms with Crippen LogP contribution < -0.4 is 15.2 Å². The van der Waals surface area contributed by atoms with Crippen molar-refractivity contribution in [1.82, 2.24) is 9.38 Å². The number of aromatic nitrogens is 2. The topological polar surface area (TPSA) is 61.8 Å². The normalized spacial score (nSPS) is 12.5. The highest BCUT2D eigenvalue weighted by Crippen LogP contribution is 2.30. The summed E-state index contributed by atoms with van der Waals surface area (Å²) in [6.45, 7) is 2.34. The second-order valence-corrected chi connectivity index (χ2v) is 5.69. The van der Waals surface area contributed by atoms with Crippen LogP contribution in [0.25, 0.3) is 4.96 Å². The van der Waals surface area contributed by atoms with Crippen LogP contribution in [0.1, 0.15) is 24.2 Å². The maximum Gasteiger partial charge on any atom is 0.193 e. The van der Waals surface area contributed by atoms with Crippen LogP contribution in [0, 0.1) is 0 Å². The van der Waals surface area contributed by atoms with Crippen molar-refractivity contribution in [2.45, 2.75) is 19.6 Å². The number of hydrogen-bond donors (Lipinski definition) is 1. The van der Waals surface area contributed by atoms with Gasteiger partial charge in [-0.15, -0.1) is 11.3 Å². The summed E-state index contributed by atoms with van der Waals surface area (Å²) in [4.78, 5) is 5.45. The highest BCUT2D eigenvalue weighted by Gasteiger charge is 2.09. The number of methoxy groups -OCH3 is 1. The van der Waals surface area contributed by atoms with Gasteiger partial charge < -0.3 is 15.2 Å². The summed E-state index contributed by atoms with van der Waals surface area (Å²) in [6.07, 6.45) is 3.95. The predicted molar refractivity (Wildman–Crippen MR) is 83.0 cm³/mol. The fraction of sp³-hybridized carbons (Fsp3) is 0.267. The lowest BCUT2D eigenvalue weighted by atomic mass is 10.1. The molecule has 0 amide bonds. The molecule has 2 aromatic heterocycles. The molecule has 1 aromatic carbocycles. The lowest BCUT2D eigenvalue weighted by molar-refractivity contribution is 0.281. The van der Waals surface area contributed by atoms with Crippen LogP contribution in [0.2, 0.25) is 0 Å². The van der Waals surface area contributed by atoms with Crippen LogP contribution in [0.15, 0.2) is 36.0 Å². The van der Waals surface area contributed by atoms with Crippen LogP contribution in [0.5, 0.6) is 11.5 Å². The largest absolute Gasteiger partial charge is 0.493 e. The molecule has 0 saturated heterocycles. The Labute approximate surface area is 126 Å². The first-order valence-electron chi connectivity index (χ1n) is 6.65. The van der Waals surface area contributed by atoms with Crippen molar-refractivity contribution in [2.24, 2.45) is 5.73 Å². The van der Waals surface area contributed by atoms with Crippen molar-refractivity contribution >= 4 is 16.3 Å². The maximum atomic E-state index is 5.88. The first-order valence-corrected chi connectivity index (χ1v) is 7.52. The minimum Gasteiger partial charge on any atom is -0.493 e. The molecule has 0 aliphatic rings. The summed E-state index contributed by atoms with van der Waals surface area (Å²) in [6, 6.07) is 5.71. The Balaban J connectivity index is 1.76. The number of imidazole rings is 1. The molecule has 0 bridgehead atoms. The Bertz CT molecular complexity index is 720. The van der Waals surface area contributed by atoms with Gasteiger partial charge in [0.05, 0.1) is 12.8 Å². The van der Waals surface area contributed by atoms with E-state index in [1.807, 2.05) is 47.3 Å². The molecule has 1 atom stereocenters. The van der Waals surface area contributed by atoms with Crippen molar-refractivity contribution in [1.29, 1.82) is 0 Å². The summed E-state index contributed by atoms with van der Waals surface area (Å²) in [5, 5.41) is 2.00. The molecule has 2 heterocycles. The van der Waals surface area contributed by atoms with E-state index in [1.165, 1.54) is 0 Å². The standard InChI is InChI=1S/C15H17N3O2S/c1-10(16)11-3-4-13(14(7-11)19-2)20-9-12-8-18-5-6-21-15(18)17-12/h3-8,10H,9,16H2,1-2H3. The van der Waals surface area contributed by atoms with Crippen LogP contribution in [-0.2, 0) is 6.61 Å². The van der Waals surface area contributed by atoms with Crippen LogP contribution in [0.4, 0.5) is 0 Å². The zero-order chi connectivity index (χ0) is 14.8. The smallest absolute Gasteiger partial charge is 0.193 e. The molecule has 0 radical (unpaired) electrons. The minimum atomic E-state index is -0.0344. The fourth-order valence-electron chi connectivity index (χ4n) is 2.08. The SMILES string of the molecule is COc1cc(C(C)N)ccc1OCc1cn2ccsc2n1. The van der Waals surface area contributed by atoms with E-state index in [9.17, 15) is 0 Å². The lowest BCUT2D eigenvalue weighted by Gasteiger charge is -2.13. The van der Waals surface area contributed by atoms with Gasteiger partial charge >= 0.3 is 0 Å². The highest BCUT2D eigenvalue weighted by molar-refractivity contribution is 7.15. The quantitative estimate of drug-likeness (QED) is 0.787. The van der Waals surface area contributed by atoms with Crippen molar-refractivity contribution < 1.29 is 9.47 Å². The molecule has 0 saturated carbocycles. The number of hydrogen-bond acceptors (Lipinski definition) is 5. The fourth-order valence-corrected chi connectivity index (χ4v) is 2.80. The summed E-state index contributed by atoms with van der Waals surface area (Å²) >= 11 is 1.60. The predicted octanol–water partition coefficient (Wildman–Crippen LogP) is 3.00. The molecule has 2 N–H and O–H groups in total. The third-order valence-corrected chi connectivity index (χ3v) is 4.00. The third-order valence-electron chi connectivity index (χ3n) is 3.23. The Hall–Kier alpha value is -2.05. The van der Waals surface area contributed by atoms with Gasteiger partial charge in [-0.1, -0.05) is 6.07 Å². The number of nitrogens with two attached hydrogens (primary N) is 1. The lowest BCUT2D eigenvalue weighted by Crippen LogP contribution is -2.05. The molecule has 0 aliphatic heterocycles. The van der Waals surface area contributed by atoms with E-state index in [0.717, 1.165) is 16.2 Å². The van der Waals surface area contributed by atoms with E-state index in [2.05, 4.69) is 4.98 Å². The third kappa shape index (κ3) is 2.86. The molecule has 1 unspecified atom stereocenters. The highest BCUT2D eigenvalue weighted by atomic mass is 32.1. The molecule has 110 valence electrons. The summed E-state index contributed by atoms with van der Waals surface area (Å²) in [7, 11) is 1.62. The van der Waals surface area contributed by atoms with Gasteiger partial charge in [0, 0.05) is 23.8 Å². The zero-order valence-corrected chi connectivity index (χ0v) is 12.8. The van der Waals surface area contributed by atoms with Crippen molar-refractivity contribution in [2.75, 3.05) is 7.11 Å². The minimum absolute atomic E-state index is 0.0344. The first kappa shape index (κ1) is 13.9. The molecular formula is C15H17N3O2S. The van der Waals surface area contributed by atoms with E-state index in [1.54, 1.807) is 18.4 Å². The van der Waals surface area contributed by atoms with Gasteiger partial charge in [-0.25, -0.2) is 4.98 Å². The van der Waals surface area contributed by atoms with Gasteiger partial charge in [-0.2, -0.15) is 0 Å². The van der Waals surface area contributed by atoms with Gasteiger partial charge in [-0.05, 0) is 24.6 Å². The number of nitrogens with zero attached hydrogens (tertiary/aromatic N) is 2. The van der Waals surface area contributed by atoms with E-state index < -0.39 is 0 Å².